The van der Waals surface area contributed by atoms with Crippen LogP contribution in [0.3, 0.4) is 0 Å². The zero-order valence-corrected chi connectivity index (χ0v) is 12.7. The van der Waals surface area contributed by atoms with Gasteiger partial charge in [0.2, 0.25) is 0 Å². The predicted octanol–water partition coefficient (Wildman–Crippen LogP) is 3.45. The summed E-state index contributed by atoms with van der Waals surface area (Å²) in [7, 11) is 1.93. The first-order valence-electron chi connectivity index (χ1n) is 6.15. The van der Waals surface area contributed by atoms with Gasteiger partial charge >= 0.3 is 0 Å². The largest absolute Gasteiger partial charge is 0.489 e. The molecule has 0 aliphatic rings. The van der Waals surface area contributed by atoms with Crippen molar-refractivity contribution in [3.05, 3.63) is 57.8 Å². The van der Waals surface area contributed by atoms with E-state index in [1.165, 1.54) is 0 Å². The Balaban J connectivity index is 2.10. The van der Waals surface area contributed by atoms with E-state index < -0.39 is 0 Å². The van der Waals surface area contributed by atoms with Crippen LogP contribution in [0.25, 0.3) is 0 Å². The highest BCUT2D eigenvalue weighted by atomic mass is 79.9. The van der Waals surface area contributed by atoms with Gasteiger partial charge in [-0.3, -0.25) is 4.98 Å². The number of benzene rings is 1. The molecule has 0 spiro atoms. The van der Waals surface area contributed by atoms with Crippen LogP contribution in [-0.2, 0) is 13.2 Å². The number of pyridine rings is 1. The van der Waals surface area contributed by atoms with Crippen LogP contribution in [0, 0.1) is 6.92 Å². The van der Waals surface area contributed by atoms with Crippen LogP contribution in [0.1, 0.15) is 16.7 Å². The van der Waals surface area contributed by atoms with Crippen LogP contribution in [0.4, 0.5) is 0 Å². The van der Waals surface area contributed by atoms with Gasteiger partial charge < -0.3 is 10.1 Å². The predicted molar refractivity (Wildman–Crippen MR) is 80.2 cm³/mol. The summed E-state index contributed by atoms with van der Waals surface area (Å²) < 4.78 is 6.94. The van der Waals surface area contributed by atoms with Gasteiger partial charge in [-0.25, -0.2) is 0 Å². The van der Waals surface area contributed by atoms with Crippen LogP contribution in [0.5, 0.6) is 5.75 Å². The lowest BCUT2D eigenvalue weighted by Crippen LogP contribution is -2.07. The molecular weight excluding hydrogens is 304 g/mol. The molecule has 0 bridgehead atoms. The van der Waals surface area contributed by atoms with Gasteiger partial charge in [0.25, 0.3) is 0 Å². The molecular formula is C15H17BrN2O. The Labute approximate surface area is 122 Å². The SMILES string of the molecule is CNCc1cc(Br)ccc1OCc1cncc(C)c1. The zero-order chi connectivity index (χ0) is 13.7. The molecule has 0 radical (unpaired) electrons. The van der Waals surface area contributed by atoms with E-state index in [-0.39, 0.29) is 0 Å². The molecule has 2 rings (SSSR count). The number of hydrogen-bond donors (Lipinski definition) is 1. The van der Waals surface area contributed by atoms with Gasteiger partial charge in [-0.1, -0.05) is 15.9 Å². The van der Waals surface area contributed by atoms with Crippen molar-refractivity contribution >= 4 is 15.9 Å². The van der Waals surface area contributed by atoms with Gasteiger partial charge in [-0.2, -0.15) is 0 Å². The summed E-state index contributed by atoms with van der Waals surface area (Å²) in [6, 6.07) is 8.13. The molecule has 100 valence electrons. The maximum atomic E-state index is 5.88. The van der Waals surface area contributed by atoms with Crippen molar-refractivity contribution in [2.45, 2.75) is 20.1 Å². The molecule has 3 nitrogen and oxygen atoms in total. The van der Waals surface area contributed by atoms with Crippen LogP contribution in [0.15, 0.2) is 41.1 Å². The van der Waals surface area contributed by atoms with Crippen molar-refractivity contribution < 1.29 is 4.74 Å². The highest BCUT2D eigenvalue weighted by Crippen LogP contribution is 2.24. The summed E-state index contributed by atoms with van der Waals surface area (Å²) in [6.07, 6.45) is 3.68. The molecule has 0 aliphatic heterocycles. The standard InChI is InChI=1S/C15H17BrN2O/c1-11-5-12(8-18-7-11)10-19-15-4-3-14(16)6-13(15)9-17-2/h3-8,17H,9-10H2,1-2H3. The normalized spacial score (nSPS) is 10.5. The quantitative estimate of drug-likeness (QED) is 0.916. The first-order valence-corrected chi connectivity index (χ1v) is 6.94. The first-order chi connectivity index (χ1) is 9.19. The van der Waals surface area contributed by atoms with Crippen LogP contribution in [-0.4, -0.2) is 12.0 Å². The smallest absolute Gasteiger partial charge is 0.124 e. The highest BCUT2D eigenvalue weighted by molar-refractivity contribution is 9.10. The summed E-state index contributed by atoms with van der Waals surface area (Å²) in [6.45, 7) is 3.34. The monoisotopic (exact) mass is 320 g/mol. The molecule has 0 saturated carbocycles. The van der Waals surface area contributed by atoms with E-state index in [0.717, 1.165) is 33.5 Å². The molecule has 19 heavy (non-hydrogen) atoms. The van der Waals surface area contributed by atoms with E-state index in [9.17, 15) is 0 Å². The van der Waals surface area contributed by atoms with Gasteiger partial charge in [-0.05, 0) is 43.8 Å². The number of nitrogens with zero attached hydrogens (tertiary/aromatic N) is 1. The maximum absolute atomic E-state index is 5.88. The minimum Gasteiger partial charge on any atom is -0.489 e. The molecule has 4 heteroatoms. The molecule has 0 aliphatic carbocycles. The Bertz CT molecular complexity index is 558. The number of nitrogens with one attached hydrogen (secondary N) is 1. The number of rotatable bonds is 5. The molecule has 1 heterocycles. The summed E-state index contributed by atoms with van der Waals surface area (Å²) in [5, 5.41) is 3.15. The molecule has 0 atom stereocenters. The molecule has 0 saturated heterocycles. The molecule has 0 unspecified atom stereocenters. The van der Waals surface area contributed by atoms with Crippen molar-refractivity contribution in [3.8, 4) is 5.75 Å². The fourth-order valence-electron chi connectivity index (χ4n) is 1.87. The molecule has 0 fully saturated rings. The number of hydrogen-bond acceptors (Lipinski definition) is 3. The summed E-state index contributed by atoms with van der Waals surface area (Å²) in [5.74, 6) is 0.902. The second-order valence-electron chi connectivity index (χ2n) is 4.44. The van der Waals surface area contributed by atoms with E-state index in [1.807, 2.05) is 38.5 Å². The topological polar surface area (TPSA) is 34.1 Å². The van der Waals surface area contributed by atoms with Crippen LogP contribution in [0.2, 0.25) is 0 Å². The lowest BCUT2D eigenvalue weighted by atomic mass is 10.2. The third-order valence-electron chi connectivity index (χ3n) is 2.72. The fourth-order valence-corrected chi connectivity index (χ4v) is 2.28. The van der Waals surface area contributed by atoms with E-state index >= 15 is 0 Å². The summed E-state index contributed by atoms with van der Waals surface area (Å²) in [5.41, 5.74) is 3.36. The number of aryl methyl sites for hydroxylation is 1. The second-order valence-corrected chi connectivity index (χ2v) is 5.36. The van der Waals surface area contributed by atoms with Gasteiger partial charge in [0.15, 0.2) is 0 Å². The Morgan fingerprint density at radius 3 is 2.84 bits per heavy atom. The number of ether oxygens (including phenoxy) is 1. The minimum absolute atomic E-state index is 0.535. The Morgan fingerprint density at radius 1 is 1.26 bits per heavy atom. The van der Waals surface area contributed by atoms with Crippen molar-refractivity contribution in [1.82, 2.24) is 10.3 Å². The molecule has 1 aromatic carbocycles. The van der Waals surface area contributed by atoms with Gasteiger partial charge in [-0.15, -0.1) is 0 Å². The second kappa shape index (κ2) is 6.68. The van der Waals surface area contributed by atoms with E-state index in [0.29, 0.717) is 6.61 Å². The van der Waals surface area contributed by atoms with Gasteiger partial charge in [0, 0.05) is 34.5 Å². The molecule has 1 aromatic heterocycles. The van der Waals surface area contributed by atoms with Crippen LogP contribution < -0.4 is 10.1 Å². The minimum atomic E-state index is 0.535. The molecule has 2 aromatic rings. The van der Waals surface area contributed by atoms with Crippen molar-refractivity contribution in [1.29, 1.82) is 0 Å². The Hall–Kier alpha value is -1.39. The Morgan fingerprint density at radius 2 is 2.11 bits per heavy atom. The lowest BCUT2D eigenvalue weighted by molar-refractivity contribution is 0.302. The first kappa shape index (κ1) is 14.0. The maximum Gasteiger partial charge on any atom is 0.124 e. The third kappa shape index (κ3) is 4.04. The fraction of sp³-hybridized carbons (Fsp3) is 0.267. The van der Waals surface area contributed by atoms with Gasteiger partial charge in [0.05, 0.1) is 0 Å². The van der Waals surface area contributed by atoms with E-state index in [2.05, 4.69) is 38.4 Å². The van der Waals surface area contributed by atoms with Crippen molar-refractivity contribution in [2.24, 2.45) is 0 Å². The Kier molecular flexibility index (Phi) is 4.93. The van der Waals surface area contributed by atoms with Crippen molar-refractivity contribution in [2.75, 3.05) is 7.05 Å². The summed E-state index contributed by atoms with van der Waals surface area (Å²) in [4.78, 5) is 4.17. The van der Waals surface area contributed by atoms with Crippen LogP contribution >= 0.6 is 15.9 Å². The van der Waals surface area contributed by atoms with E-state index in [1.54, 1.807) is 0 Å². The average Bonchev–Trinajstić information content (AvgIpc) is 2.38. The highest BCUT2D eigenvalue weighted by Gasteiger charge is 2.04. The number of aromatic nitrogens is 1. The average molecular weight is 321 g/mol. The lowest BCUT2D eigenvalue weighted by Gasteiger charge is -2.12. The zero-order valence-electron chi connectivity index (χ0n) is 11.1. The third-order valence-corrected chi connectivity index (χ3v) is 3.21. The van der Waals surface area contributed by atoms with E-state index in [4.69, 9.17) is 4.74 Å². The molecule has 0 amide bonds. The number of halogens is 1. The van der Waals surface area contributed by atoms with Gasteiger partial charge in [0.1, 0.15) is 12.4 Å². The molecule has 1 N–H and O–H groups in total. The summed E-state index contributed by atoms with van der Waals surface area (Å²) >= 11 is 3.48. The van der Waals surface area contributed by atoms with Crippen molar-refractivity contribution in [3.63, 3.8) is 0 Å².